The van der Waals surface area contributed by atoms with Gasteiger partial charge in [-0.15, -0.1) is 0 Å². The molecule has 2 amide bonds. The van der Waals surface area contributed by atoms with Crippen molar-refractivity contribution in [3.63, 3.8) is 0 Å². The number of carbonyl (C=O) groups excluding carboxylic acids is 2. The molecule has 2 bridgehead atoms. The third kappa shape index (κ3) is 3.35. The van der Waals surface area contributed by atoms with Gasteiger partial charge in [-0.25, -0.2) is 4.89 Å². The zero-order valence-electron chi connectivity index (χ0n) is 17.2. The van der Waals surface area contributed by atoms with E-state index in [0.29, 0.717) is 11.5 Å². The lowest BCUT2D eigenvalue weighted by Crippen LogP contribution is -2.61. The van der Waals surface area contributed by atoms with Crippen LogP contribution in [0.4, 0.5) is 0 Å². The highest BCUT2D eigenvalue weighted by atomic mass is 17.3. The van der Waals surface area contributed by atoms with E-state index in [0.717, 1.165) is 30.1 Å². The molecule has 1 heterocycles. The molecule has 0 saturated heterocycles. The van der Waals surface area contributed by atoms with Crippen LogP contribution in [0.1, 0.15) is 53.4 Å². The monoisotopic (exact) mass is 381 g/mol. The molecule has 7 heteroatoms. The van der Waals surface area contributed by atoms with Crippen molar-refractivity contribution >= 4 is 11.8 Å². The highest BCUT2D eigenvalue weighted by Crippen LogP contribution is 2.63. The van der Waals surface area contributed by atoms with Crippen molar-refractivity contribution in [2.24, 2.45) is 17.3 Å². The van der Waals surface area contributed by atoms with Crippen LogP contribution in [0.2, 0.25) is 0 Å². The van der Waals surface area contributed by atoms with Crippen LogP contribution >= 0.6 is 0 Å². The quantitative estimate of drug-likeness (QED) is 0.279. The summed E-state index contributed by atoms with van der Waals surface area (Å²) in [5.74, 6) is -0.963. The summed E-state index contributed by atoms with van der Waals surface area (Å²) in [6, 6.07) is 0. The minimum Gasteiger partial charge on any atom is -0.329 e. The molecular formula is C20H31NO6. The molecule has 4 aliphatic rings. The van der Waals surface area contributed by atoms with Gasteiger partial charge in [0.2, 0.25) is 0 Å². The third-order valence-electron chi connectivity index (χ3n) is 7.01. The molecule has 0 aromatic heterocycles. The zero-order chi connectivity index (χ0) is 20.0. The summed E-state index contributed by atoms with van der Waals surface area (Å²) in [7, 11) is 2.91. The normalized spacial score (nSPS) is 32.5. The van der Waals surface area contributed by atoms with E-state index in [9.17, 15) is 9.59 Å². The van der Waals surface area contributed by atoms with Crippen molar-refractivity contribution in [1.82, 2.24) is 4.90 Å². The maximum atomic E-state index is 12.1. The predicted octanol–water partition coefficient (Wildman–Crippen LogP) is 2.80. The molecule has 0 spiro atoms. The first-order chi connectivity index (χ1) is 12.6. The molecule has 0 radical (unpaired) electrons. The number of hydrogen-bond acceptors (Lipinski definition) is 6. The number of carbonyl (C=O) groups is 2. The molecule has 1 aliphatic heterocycles. The van der Waals surface area contributed by atoms with Crippen LogP contribution in [-0.4, -0.2) is 49.1 Å². The molecule has 0 aromatic rings. The van der Waals surface area contributed by atoms with Gasteiger partial charge < -0.3 is 9.47 Å². The van der Waals surface area contributed by atoms with Gasteiger partial charge >= 0.3 is 5.97 Å². The van der Waals surface area contributed by atoms with Gasteiger partial charge in [0.15, 0.2) is 0 Å². The topological polar surface area (TPSA) is 74.3 Å². The van der Waals surface area contributed by atoms with E-state index < -0.39 is 11.6 Å². The minimum atomic E-state index is -1.48. The lowest BCUT2D eigenvalue weighted by molar-refractivity contribution is -0.536. The standard InChI is InChI=1S/C20H31NO6/c1-13-11-16(22)21(17(13)23)10-9-20(24-5,25-6)27-26-19(4)8-7-14-12-15(19)18(14,2)3/h11,14-15H,7-10,12H2,1-6H3. The van der Waals surface area contributed by atoms with Crippen molar-refractivity contribution in [2.75, 3.05) is 20.8 Å². The summed E-state index contributed by atoms with van der Waals surface area (Å²) in [4.78, 5) is 36.8. The Balaban J connectivity index is 1.63. The summed E-state index contributed by atoms with van der Waals surface area (Å²) >= 11 is 0. The molecule has 27 heavy (non-hydrogen) atoms. The van der Waals surface area contributed by atoms with Crippen LogP contribution in [0.15, 0.2) is 11.6 Å². The number of hydrogen-bond donors (Lipinski definition) is 0. The summed E-state index contributed by atoms with van der Waals surface area (Å²) in [5.41, 5.74) is 0.239. The van der Waals surface area contributed by atoms with E-state index in [1.807, 2.05) is 0 Å². The number of methoxy groups -OCH3 is 2. The van der Waals surface area contributed by atoms with Crippen LogP contribution in [0.3, 0.4) is 0 Å². The Morgan fingerprint density at radius 2 is 1.89 bits per heavy atom. The van der Waals surface area contributed by atoms with Crippen LogP contribution < -0.4 is 0 Å². The Labute approximate surface area is 160 Å². The molecule has 152 valence electrons. The number of rotatable bonds is 8. The highest BCUT2D eigenvalue weighted by Gasteiger charge is 2.61. The zero-order valence-corrected chi connectivity index (χ0v) is 17.2. The average molecular weight is 381 g/mol. The second kappa shape index (κ2) is 6.95. The van der Waals surface area contributed by atoms with Gasteiger partial charge in [-0.1, -0.05) is 13.8 Å². The van der Waals surface area contributed by atoms with Crippen molar-refractivity contribution in [3.8, 4) is 0 Å². The van der Waals surface area contributed by atoms with Crippen molar-refractivity contribution in [3.05, 3.63) is 11.6 Å². The molecule has 0 aromatic carbocycles. The van der Waals surface area contributed by atoms with Gasteiger partial charge in [-0.2, -0.15) is 4.89 Å². The van der Waals surface area contributed by atoms with E-state index in [-0.39, 0.29) is 30.2 Å². The van der Waals surface area contributed by atoms with Crippen molar-refractivity contribution < 1.29 is 28.8 Å². The second-order valence-corrected chi connectivity index (χ2v) is 8.79. The van der Waals surface area contributed by atoms with E-state index in [1.165, 1.54) is 20.3 Å². The second-order valence-electron chi connectivity index (χ2n) is 8.79. The van der Waals surface area contributed by atoms with Crippen LogP contribution in [0.5, 0.6) is 0 Å². The fourth-order valence-corrected chi connectivity index (χ4v) is 4.93. The van der Waals surface area contributed by atoms with E-state index in [4.69, 9.17) is 19.2 Å². The maximum Gasteiger partial charge on any atom is 0.313 e. The van der Waals surface area contributed by atoms with Crippen molar-refractivity contribution in [1.29, 1.82) is 0 Å². The van der Waals surface area contributed by atoms with Gasteiger partial charge in [0.1, 0.15) is 5.60 Å². The van der Waals surface area contributed by atoms with Crippen molar-refractivity contribution in [2.45, 2.75) is 65.0 Å². The molecule has 3 aliphatic carbocycles. The average Bonchev–Trinajstić information content (AvgIpc) is 2.87. The summed E-state index contributed by atoms with van der Waals surface area (Å²) < 4.78 is 10.9. The van der Waals surface area contributed by atoms with E-state index >= 15 is 0 Å². The Bertz CT molecular complexity index is 651. The number of imide groups is 1. The number of ether oxygens (including phenoxy) is 2. The molecule has 7 nitrogen and oxygen atoms in total. The van der Waals surface area contributed by atoms with Crippen LogP contribution in [0.25, 0.3) is 0 Å². The summed E-state index contributed by atoms with van der Waals surface area (Å²) in [5, 5.41) is 0. The van der Waals surface area contributed by atoms with Crippen LogP contribution in [-0.2, 0) is 28.8 Å². The van der Waals surface area contributed by atoms with Gasteiger partial charge in [0.25, 0.3) is 11.8 Å². The molecule has 3 atom stereocenters. The largest absolute Gasteiger partial charge is 0.329 e. The first-order valence-corrected chi connectivity index (χ1v) is 9.60. The number of amides is 2. The summed E-state index contributed by atoms with van der Waals surface area (Å²) in [6.07, 6.45) is 4.64. The SMILES string of the molecule is COC(CCN1C(=O)C=C(C)C1=O)(OC)OOC1(C)CCC2CC1C2(C)C. The van der Waals surface area contributed by atoms with E-state index in [2.05, 4.69) is 20.8 Å². The Morgan fingerprint density at radius 3 is 2.37 bits per heavy atom. The maximum absolute atomic E-state index is 12.1. The molecule has 3 fully saturated rings. The smallest absolute Gasteiger partial charge is 0.313 e. The lowest BCUT2D eigenvalue weighted by atomic mass is 9.44. The fourth-order valence-electron chi connectivity index (χ4n) is 4.93. The van der Waals surface area contributed by atoms with Gasteiger partial charge in [-0.05, 0) is 50.4 Å². The third-order valence-corrected chi connectivity index (χ3v) is 7.01. The fraction of sp³-hybridized carbons (Fsp3) is 0.800. The Hall–Kier alpha value is -1.28. The Morgan fingerprint density at radius 1 is 1.22 bits per heavy atom. The van der Waals surface area contributed by atoms with Gasteiger partial charge in [0.05, 0.1) is 6.42 Å². The lowest BCUT2D eigenvalue weighted by Gasteiger charge is -2.63. The first kappa shape index (κ1) is 20.5. The molecule has 4 rings (SSSR count). The van der Waals surface area contributed by atoms with Gasteiger partial charge in [0, 0.05) is 32.4 Å². The molecule has 3 unspecified atom stereocenters. The highest BCUT2D eigenvalue weighted by molar-refractivity contribution is 6.15. The minimum absolute atomic E-state index is 0.115. The summed E-state index contributed by atoms with van der Waals surface area (Å²) in [6.45, 7) is 8.38. The van der Waals surface area contributed by atoms with Gasteiger partial charge in [-0.3, -0.25) is 14.5 Å². The molecule has 0 N–H and O–H groups in total. The number of fused-ring (bicyclic) bond motifs is 2. The molecule has 3 saturated carbocycles. The first-order valence-electron chi connectivity index (χ1n) is 9.60. The Kier molecular flexibility index (Phi) is 5.27. The number of nitrogens with zero attached hydrogens (tertiary/aromatic N) is 1. The molecular weight excluding hydrogens is 350 g/mol. The van der Waals surface area contributed by atoms with E-state index in [1.54, 1.807) is 6.92 Å². The predicted molar refractivity (Wildman–Crippen MR) is 97.0 cm³/mol. The van der Waals surface area contributed by atoms with Crippen LogP contribution in [0, 0.1) is 17.3 Å².